The summed E-state index contributed by atoms with van der Waals surface area (Å²) in [4.78, 5) is 36.7. The molecule has 0 unspecified atom stereocenters. The SMILES string of the molecule is CC(=O)N(c1nc(/C=C/C(=O)Nc2cccnc2N2CCOCC2)cs1)c1ccccc1F. The van der Waals surface area contributed by atoms with Crippen LogP contribution in [0.25, 0.3) is 6.08 Å². The molecule has 1 aliphatic rings. The van der Waals surface area contributed by atoms with Gasteiger partial charge in [0.15, 0.2) is 10.9 Å². The number of amides is 2. The third-order valence-electron chi connectivity index (χ3n) is 4.87. The van der Waals surface area contributed by atoms with E-state index in [1.54, 1.807) is 41.9 Å². The second kappa shape index (κ2) is 10.3. The van der Waals surface area contributed by atoms with Crippen LogP contribution in [0.3, 0.4) is 0 Å². The maximum absolute atomic E-state index is 14.2. The fourth-order valence-electron chi connectivity index (χ4n) is 3.35. The summed E-state index contributed by atoms with van der Waals surface area (Å²) in [5.41, 5.74) is 1.21. The number of hydrogen-bond acceptors (Lipinski definition) is 7. The smallest absolute Gasteiger partial charge is 0.248 e. The van der Waals surface area contributed by atoms with Gasteiger partial charge in [-0.25, -0.2) is 14.4 Å². The van der Waals surface area contributed by atoms with Gasteiger partial charge in [-0.05, 0) is 30.3 Å². The number of thiazole rings is 1. The van der Waals surface area contributed by atoms with Gasteiger partial charge in [0.25, 0.3) is 0 Å². The number of carbonyl (C=O) groups excluding carboxylic acids is 2. The van der Waals surface area contributed by atoms with E-state index in [9.17, 15) is 14.0 Å². The maximum Gasteiger partial charge on any atom is 0.248 e. The number of aromatic nitrogens is 2. The standard InChI is InChI=1S/C23H22FN5O3S/c1-16(30)29(20-7-3-2-5-18(20)24)23-26-17(15-33-23)8-9-21(31)27-19-6-4-10-25-22(19)28-11-13-32-14-12-28/h2-10,15H,11-14H2,1H3,(H,27,31)/b9-8+. The number of halogens is 1. The van der Waals surface area contributed by atoms with Gasteiger partial charge in [0, 0.05) is 37.7 Å². The van der Waals surface area contributed by atoms with E-state index >= 15 is 0 Å². The number of rotatable bonds is 6. The van der Waals surface area contributed by atoms with Crippen LogP contribution in [0.5, 0.6) is 0 Å². The molecule has 1 aliphatic heterocycles. The highest BCUT2D eigenvalue weighted by atomic mass is 32.1. The van der Waals surface area contributed by atoms with Crippen molar-refractivity contribution in [1.82, 2.24) is 9.97 Å². The first kappa shape index (κ1) is 22.6. The van der Waals surface area contributed by atoms with Crippen molar-refractivity contribution >= 4 is 51.6 Å². The maximum atomic E-state index is 14.2. The number of ether oxygens (including phenoxy) is 1. The normalized spacial score (nSPS) is 13.8. The van der Waals surface area contributed by atoms with E-state index < -0.39 is 5.82 Å². The summed E-state index contributed by atoms with van der Waals surface area (Å²) in [7, 11) is 0. The summed E-state index contributed by atoms with van der Waals surface area (Å²) < 4.78 is 19.6. The van der Waals surface area contributed by atoms with Gasteiger partial charge in [-0.15, -0.1) is 11.3 Å². The summed E-state index contributed by atoms with van der Waals surface area (Å²) in [5, 5.41) is 4.86. The lowest BCUT2D eigenvalue weighted by Crippen LogP contribution is -2.37. The van der Waals surface area contributed by atoms with Crippen molar-refractivity contribution in [2.45, 2.75) is 6.92 Å². The summed E-state index contributed by atoms with van der Waals surface area (Å²) in [6, 6.07) is 9.56. The highest BCUT2D eigenvalue weighted by Gasteiger charge is 2.21. The Bertz CT molecular complexity index is 1180. The number of pyridine rings is 1. The molecule has 170 valence electrons. The first-order chi connectivity index (χ1) is 16.0. The van der Waals surface area contributed by atoms with Crippen LogP contribution in [0, 0.1) is 5.82 Å². The third kappa shape index (κ3) is 5.41. The monoisotopic (exact) mass is 467 g/mol. The number of nitrogens with zero attached hydrogens (tertiary/aromatic N) is 4. The molecule has 0 atom stereocenters. The predicted octanol–water partition coefficient (Wildman–Crippen LogP) is 3.85. The first-order valence-corrected chi connectivity index (χ1v) is 11.2. The van der Waals surface area contributed by atoms with Crippen molar-refractivity contribution in [3.8, 4) is 0 Å². The van der Waals surface area contributed by atoms with Crippen molar-refractivity contribution in [1.29, 1.82) is 0 Å². The van der Waals surface area contributed by atoms with Crippen molar-refractivity contribution in [2.75, 3.05) is 41.4 Å². The summed E-state index contributed by atoms with van der Waals surface area (Å²) in [6.07, 6.45) is 4.58. The molecule has 2 aromatic heterocycles. The van der Waals surface area contributed by atoms with E-state index in [1.165, 1.54) is 41.4 Å². The number of hydrogen-bond donors (Lipinski definition) is 1. The Labute approximate surface area is 194 Å². The molecule has 1 aromatic carbocycles. The number of para-hydroxylation sites is 1. The van der Waals surface area contributed by atoms with Crippen molar-refractivity contribution in [2.24, 2.45) is 0 Å². The molecule has 0 bridgehead atoms. The Kier molecular flexibility index (Phi) is 7.06. The van der Waals surface area contributed by atoms with Crippen LogP contribution >= 0.6 is 11.3 Å². The molecule has 0 aliphatic carbocycles. The largest absolute Gasteiger partial charge is 0.378 e. The second-order valence-electron chi connectivity index (χ2n) is 7.16. The Morgan fingerprint density at radius 3 is 2.76 bits per heavy atom. The Morgan fingerprint density at radius 1 is 1.21 bits per heavy atom. The average molecular weight is 468 g/mol. The highest BCUT2D eigenvalue weighted by molar-refractivity contribution is 7.14. The van der Waals surface area contributed by atoms with Crippen molar-refractivity contribution in [3.63, 3.8) is 0 Å². The summed E-state index contributed by atoms with van der Waals surface area (Å²) in [5.74, 6) is -0.535. The number of carbonyl (C=O) groups is 2. The van der Waals surface area contributed by atoms with Gasteiger partial charge in [-0.2, -0.15) is 0 Å². The lowest BCUT2D eigenvalue weighted by atomic mass is 10.3. The minimum Gasteiger partial charge on any atom is -0.378 e. The third-order valence-corrected chi connectivity index (χ3v) is 5.71. The van der Waals surface area contributed by atoms with E-state index in [0.29, 0.717) is 48.6 Å². The van der Waals surface area contributed by atoms with Crippen LogP contribution in [0.4, 0.5) is 26.7 Å². The molecular weight excluding hydrogens is 445 g/mol. The van der Waals surface area contributed by atoms with Gasteiger partial charge in [0.2, 0.25) is 11.8 Å². The Hall–Kier alpha value is -3.63. The topological polar surface area (TPSA) is 87.7 Å². The number of benzene rings is 1. The minimum atomic E-state index is -0.521. The fraction of sp³-hybridized carbons (Fsp3) is 0.217. The predicted molar refractivity (Wildman–Crippen MR) is 126 cm³/mol. The molecule has 4 rings (SSSR count). The Morgan fingerprint density at radius 2 is 2.00 bits per heavy atom. The zero-order valence-corrected chi connectivity index (χ0v) is 18.7. The number of anilines is 4. The fourth-order valence-corrected chi connectivity index (χ4v) is 4.20. The molecule has 2 amide bonds. The van der Waals surface area contributed by atoms with Crippen LogP contribution < -0.4 is 15.1 Å². The molecular formula is C23H22FN5O3S. The van der Waals surface area contributed by atoms with E-state index in [1.807, 2.05) is 0 Å². The summed E-state index contributed by atoms with van der Waals surface area (Å²) in [6.45, 7) is 3.97. The minimum absolute atomic E-state index is 0.125. The highest BCUT2D eigenvalue weighted by Crippen LogP contribution is 2.31. The van der Waals surface area contributed by atoms with Gasteiger partial charge in [-0.1, -0.05) is 12.1 Å². The van der Waals surface area contributed by atoms with E-state index in [2.05, 4.69) is 20.2 Å². The molecule has 0 spiro atoms. The van der Waals surface area contributed by atoms with Crippen molar-refractivity contribution < 1.29 is 18.7 Å². The quantitative estimate of drug-likeness (QED) is 0.554. The van der Waals surface area contributed by atoms with Crippen LogP contribution in [-0.4, -0.2) is 48.1 Å². The van der Waals surface area contributed by atoms with Crippen LogP contribution in [0.15, 0.2) is 54.1 Å². The molecule has 1 fully saturated rings. The molecule has 1 saturated heterocycles. The molecule has 1 N–H and O–H groups in total. The number of nitrogens with one attached hydrogen (secondary N) is 1. The lowest BCUT2D eigenvalue weighted by molar-refractivity contribution is -0.116. The molecule has 0 radical (unpaired) electrons. The summed E-state index contributed by atoms with van der Waals surface area (Å²) >= 11 is 1.18. The van der Waals surface area contributed by atoms with E-state index in [-0.39, 0.29) is 17.5 Å². The van der Waals surface area contributed by atoms with Crippen LogP contribution in [-0.2, 0) is 14.3 Å². The molecule has 3 heterocycles. The van der Waals surface area contributed by atoms with Gasteiger partial charge in [0.05, 0.1) is 30.3 Å². The molecule has 10 heteroatoms. The van der Waals surface area contributed by atoms with Crippen LogP contribution in [0.2, 0.25) is 0 Å². The molecule has 3 aromatic rings. The molecule has 8 nitrogen and oxygen atoms in total. The lowest BCUT2D eigenvalue weighted by Gasteiger charge is -2.29. The van der Waals surface area contributed by atoms with Gasteiger partial charge in [0.1, 0.15) is 5.82 Å². The number of morpholine rings is 1. The molecule has 0 saturated carbocycles. The first-order valence-electron chi connectivity index (χ1n) is 10.3. The zero-order chi connectivity index (χ0) is 23.2. The Balaban J connectivity index is 1.47. The second-order valence-corrected chi connectivity index (χ2v) is 7.99. The van der Waals surface area contributed by atoms with Gasteiger partial charge in [-0.3, -0.25) is 14.5 Å². The average Bonchev–Trinajstić information content (AvgIpc) is 3.28. The van der Waals surface area contributed by atoms with Crippen molar-refractivity contribution in [3.05, 3.63) is 65.6 Å². The van der Waals surface area contributed by atoms with Gasteiger partial charge >= 0.3 is 0 Å². The van der Waals surface area contributed by atoms with Crippen LogP contribution in [0.1, 0.15) is 12.6 Å². The van der Waals surface area contributed by atoms with E-state index in [0.717, 1.165) is 0 Å². The van der Waals surface area contributed by atoms with E-state index in [4.69, 9.17) is 4.74 Å². The van der Waals surface area contributed by atoms with Gasteiger partial charge < -0.3 is 15.0 Å². The zero-order valence-electron chi connectivity index (χ0n) is 17.9. The molecule has 33 heavy (non-hydrogen) atoms.